The maximum Gasteiger partial charge on any atom is 0.0667 e. The van der Waals surface area contributed by atoms with Gasteiger partial charge in [0, 0.05) is 23.4 Å². The van der Waals surface area contributed by atoms with Crippen LogP contribution < -0.4 is 5.32 Å². The van der Waals surface area contributed by atoms with Crippen molar-refractivity contribution < 1.29 is 4.74 Å². The highest BCUT2D eigenvalue weighted by molar-refractivity contribution is 6.30. The Morgan fingerprint density at radius 1 is 1.47 bits per heavy atom. The van der Waals surface area contributed by atoms with Gasteiger partial charge in [-0.25, -0.2) is 0 Å². The molecule has 0 amide bonds. The molecule has 1 aromatic rings. The molecule has 1 fully saturated rings. The first-order valence-electron chi connectivity index (χ1n) is 5.36. The number of benzene rings is 1. The van der Waals surface area contributed by atoms with E-state index in [1.165, 1.54) is 12.0 Å². The lowest BCUT2D eigenvalue weighted by atomic mass is 10.1. The molecule has 0 aliphatic carbocycles. The Morgan fingerprint density at radius 3 is 3.00 bits per heavy atom. The lowest BCUT2D eigenvalue weighted by molar-refractivity contribution is 0.0876. The third kappa shape index (κ3) is 2.86. The minimum absolute atomic E-state index is 0.443. The van der Waals surface area contributed by atoms with Crippen molar-refractivity contribution in [1.82, 2.24) is 0 Å². The van der Waals surface area contributed by atoms with Gasteiger partial charge in [-0.2, -0.15) is 0 Å². The van der Waals surface area contributed by atoms with Crippen LogP contribution in [0.2, 0.25) is 5.02 Å². The SMILES string of the molecule is Cc1cc(Cl)ccc1NC1CCCOC1. The second-order valence-electron chi connectivity index (χ2n) is 4.02. The van der Waals surface area contributed by atoms with Gasteiger partial charge in [0.15, 0.2) is 0 Å². The van der Waals surface area contributed by atoms with Gasteiger partial charge in [0.1, 0.15) is 0 Å². The van der Waals surface area contributed by atoms with Crippen molar-refractivity contribution in [2.75, 3.05) is 18.5 Å². The summed E-state index contributed by atoms with van der Waals surface area (Å²) in [5.41, 5.74) is 2.35. The molecule has 0 bridgehead atoms. The van der Waals surface area contributed by atoms with Crippen LogP contribution in [0.4, 0.5) is 5.69 Å². The predicted octanol–water partition coefficient (Wildman–Crippen LogP) is 3.24. The van der Waals surface area contributed by atoms with Crippen molar-refractivity contribution in [3.8, 4) is 0 Å². The Kier molecular flexibility index (Phi) is 3.49. The lowest BCUT2D eigenvalue weighted by Gasteiger charge is -2.25. The van der Waals surface area contributed by atoms with Crippen LogP contribution in [0.25, 0.3) is 0 Å². The van der Waals surface area contributed by atoms with Gasteiger partial charge in [0.05, 0.1) is 6.61 Å². The number of anilines is 1. The van der Waals surface area contributed by atoms with Gasteiger partial charge >= 0.3 is 0 Å². The zero-order chi connectivity index (χ0) is 10.7. The molecule has 0 aromatic heterocycles. The zero-order valence-electron chi connectivity index (χ0n) is 8.92. The van der Waals surface area contributed by atoms with E-state index in [4.69, 9.17) is 16.3 Å². The summed E-state index contributed by atoms with van der Waals surface area (Å²) in [7, 11) is 0. The Labute approximate surface area is 95.6 Å². The fraction of sp³-hybridized carbons (Fsp3) is 0.500. The summed E-state index contributed by atoms with van der Waals surface area (Å²) in [4.78, 5) is 0. The van der Waals surface area contributed by atoms with Crippen LogP contribution in [-0.2, 0) is 4.74 Å². The molecule has 1 aliphatic heterocycles. The van der Waals surface area contributed by atoms with E-state index in [1.54, 1.807) is 0 Å². The summed E-state index contributed by atoms with van der Waals surface area (Å²) >= 11 is 5.91. The van der Waals surface area contributed by atoms with Gasteiger partial charge in [0.2, 0.25) is 0 Å². The maximum atomic E-state index is 5.91. The van der Waals surface area contributed by atoms with E-state index in [0.717, 1.165) is 30.3 Å². The van der Waals surface area contributed by atoms with Crippen LogP contribution in [0.3, 0.4) is 0 Å². The Morgan fingerprint density at radius 2 is 2.33 bits per heavy atom. The predicted molar refractivity (Wildman–Crippen MR) is 63.7 cm³/mol. The molecule has 1 aliphatic rings. The second kappa shape index (κ2) is 4.86. The highest BCUT2D eigenvalue weighted by atomic mass is 35.5. The summed E-state index contributed by atoms with van der Waals surface area (Å²) in [6, 6.07) is 6.37. The molecule has 1 heterocycles. The zero-order valence-corrected chi connectivity index (χ0v) is 9.68. The van der Waals surface area contributed by atoms with Crippen molar-refractivity contribution in [2.45, 2.75) is 25.8 Å². The molecule has 1 saturated heterocycles. The standard InChI is InChI=1S/C12H16ClNO/c1-9-7-10(13)4-5-12(9)14-11-3-2-6-15-8-11/h4-5,7,11,14H,2-3,6,8H2,1H3. The number of aryl methyl sites for hydroxylation is 1. The van der Waals surface area contributed by atoms with E-state index in [2.05, 4.69) is 12.2 Å². The molecular formula is C12H16ClNO. The van der Waals surface area contributed by atoms with E-state index in [1.807, 2.05) is 18.2 Å². The van der Waals surface area contributed by atoms with Crippen LogP contribution in [0.15, 0.2) is 18.2 Å². The van der Waals surface area contributed by atoms with Gasteiger partial charge in [-0.3, -0.25) is 0 Å². The monoisotopic (exact) mass is 225 g/mol. The summed E-state index contributed by atoms with van der Waals surface area (Å²) in [6.07, 6.45) is 2.33. The van der Waals surface area contributed by atoms with Crippen molar-refractivity contribution in [3.63, 3.8) is 0 Å². The fourth-order valence-corrected chi connectivity index (χ4v) is 2.09. The number of hydrogen-bond donors (Lipinski definition) is 1. The van der Waals surface area contributed by atoms with Crippen molar-refractivity contribution in [2.24, 2.45) is 0 Å². The normalized spacial score (nSPS) is 21.3. The molecule has 0 radical (unpaired) electrons. The van der Waals surface area contributed by atoms with Gasteiger partial charge in [-0.05, 0) is 43.5 Å². The number of halogens is 1. The Bertz CT molecular complexity index is 334. The van der Waals surface area contributed by atoms with E-state index in [0.29, 0.717) is 6.04 Å². The average molecular weight is 226 g/mol. The largest absolute Gasteiger partial charge is 0.380 e. The van der Waals surface area contributed by atoms with Crippen LogP contribution >= 0.6 is 11.6 Å². The van der Waals surface area contributed by atoms with Gasteiger partial charge in [-0.1, -0.05) is 11.6 Å². The summed E-state index contributed by atoms with van der Waals surface area (Å²) in [5, 5.41) is 4.28. The van der Waals surface area contributed by atoms with Gasteiger partial charge < -0.3 is 10.1 Å². The van der Waals surface area contributed by atoms with Crippen LogP contribution in [0.1, 0.15) is 18.4 Å². The van der Waals surface area contributed by atoms with Gasteiger partial charge in [-0.15, -0.1) is 0 Å². The summed E-state index contributed by atoms with van der Waals surface area (Å²) in [6.45, 7) is 3.78. The molecule has 3 heteroatoms. The molecule has 0 spiro atoms. The first-order valence-corrected chi connectivity index (χ1v) is 5.74. The molecule has 0 saturated carbocycles. The van der Waals surface area contributed by atoms with Crippen molar-refractivity contribution in [3.05, 3.63) is 28.8 Å². The highest BCUT2D eigenvalue weighted by Crippen LogP contribution is 2.21. The quantitative estimate of drug-likeness (QED) is 0.835. The maximum absolute atomic E-state index is 5.91. The summed E-state index contributed by atoms with van der Waals surface area (Å²) < 4.78 is 5.43. The molecule has 1 unspecified atom stereocenters. The number of hydrogen-bond acceptors (Lipinski definition) is 2. The molecular weight excluding hydrogens is 210 g/mol. The third-order valence-electron chi connectivity index (χ3n) is 2.71. The first kappa shape index (κ1) is 10.8. The number of ether oxygens (including phenoxy) is 1. The topological polar surface area (TPSA) is 21.3 Å². The van der Waals surface area contributed by atoms with E-state index in [-0.39, 0.29) is 0 Å². The number of rotatable bonds is 2. The Hall–Kier alpha value is -0.730. The third-order valence-corrected chi connectivity index (χ3v) is 2.94. The lowest BCUT2D eigenvalue weighted by Crippen LogP contribution is -2.30. The van der Waals surface area contributed by atoms with Crippen LogP contribution in [-0.4, -0.2) is 19.3 Å². The van der Waals surface area contributed by atoms with Gasteiger partial charge in [0.25, 0.3) is 0 Å². The van der Waals surface area contributed by atoms with E-state index in [9.17, 15) is 0 Å². The van der Waals surface area contributed by atoms with Crippen LogP contribution in [0.5, 0.6) is 0 Å². The van der Waals surface area contributed by atoms with Crippen LogP contribution in [0, 0.1) is 6.92 Å². The average Bonchev–Trinajstić information content (AvgIpc) is 2.24. The van der Waals surface area contributed by atoms with Crippen molar-refractivity contribution in [1.29, 1.82) is 0 Å². The smallest absolute Gasteiger partial charge is 0.0667 e. The van der Waals surface area contributed by atoms with Crippen molar-refractivity contribution >= 4 is 17.3 Å². The second-order valence-corrected chi connectivity index (χ2v) is 4.45. The number of nitrogens with one attached hydrogen (secondary N) is 1. The fourth-order valence-electron chi connectivity index (χ4n) is 1.86. The molecule has 15 heavy (non-hydrogen) atoms. The first-order chi connectivity index (χ1) is 7.25. The Balaban J connectivity index is 2.03. The minimum atomic E-state index is 0.443. The van der Waals surface area contributed by atoms with E-state index < -0.39 is 0 Å². The van der Waals surface area contributed by atoms with E-state index >= 15 is 0 Å². The molecule has 1 aromatic carbocycles. The minimum Gasteiger partial charge on any atom is -0.380 e. The molecule has 1 N–H and O–H groups in total. The summed E-state index contributed by atoms with van der Waals surface area (Å²) in [5.74, 6) is 0. The molecule has 82 valence electrons. The molecule has 2 nitrogen and oxygen atoms in total. The molecule has 2 rings (SSSR count). The molecule has 1 atom stereocenters. The highest BCUT2D eigenvalue weighted by Gasteiger charge is 2.13.